The number of aliphatic carboxylic acids is 1. The number of halogens is 1. The van der Waals surface area contributed by atoms with Crippen LogP contribution in [0.2, 0.25) is 0 Å². The largest absolute Gasteiger partial charge is 0.511 e. The maximum Gasteiger partial charge on any atom is 0.511 e. The number of carboxylic acid groups (broad SMARTS) is 1. The van der Waals surface area contributed by atoms with Crippen molar-refractivity contribution in [1.29, 1.82) is 10.5 Å². The highest BCUT2D eigenvalue weighted by atomic mass is 35.5. The number of ether oxygens (including phenoxy) is 7. The molecule has 2 aromatic heterocycles. The minimum absolute atomic E-state index is 0.0182. The van der Waals surface area contributed by atoms with E-state index in [0.29, 0.717) is 167 Å². The minimum Gasteiger partial charge on any atom is -0.481 e. The van der Waals surface area contributed by atoms with E-state index in [1.807, 2.05) is 0 Å². The van der Waals surface area contributed by atoms with Crippen molar-refractivity contribution in [3.63, 3.8) is 0 Å². The lowest BCUT2D eigenvalue weighted by atomic mass is 9.33. The molecule has 16 rings (SSSR count). The second kappa shape index (κ2) is 41.5. The van der Waals surface area contributed by atoms with Crippen LogP contribution in [0.25, 0.3) is 0 Å². The number of alkyl halides is 1. The van der Waals surface area contributed by atoms with Gasteiger partial charge in [0.2, 0.25) is 18.6 Å². The van der Waals surface area contributed by atoms with Crippen molar-refractivity contribution in [1.82, 2.24) is 20.6 Å². The smallest absolute Gasteiger partial charge is 0.481 e. The number of pyridine rings is 2. The fraction of sp³-hybridized carbons (Fsp3) is 0.754. The van der Waals surface area contributed by atoms with Crippen LogP contribution in [0.4, 0.5) is 9.59 Å². The normalized spacial score (nSPS) is 38.5. The first-order valence-electron chi connectivity index (χ1n) is 53.1. The monoisotopic (exact) mass is 2010 g/mol. The van der Waals surface area contributed by atoms with Gasteiger partial charge in [-0.3, -0.25) is 9.59 Å². The van der Waals surface area contributed by atoms with Crippen molar-refractivity contribution in [2.75, 3.05) is 51.7 Å². The molecule has 14 aliphatic rings. The molecule has 10 fully saturated rings. The summed E-state index contributed by atoms with van der Waals surface area (Å²) in [4.78, 5) is 57.8. The molecule has 0 aliphatic heterocycles. The molecular formula is C114H167ClN6O18S2. The maximum absolute atomic E-state index is 14.0. The molecule has 0 amide bonds. The maximum atomic E-state index is 14.0. The number of aromatic nitrogens is 2. The Morgan fingerprint density at radius 2 is 0.894 bits per heavy atom. The highest BCUT2D eigenvalue weighted by Crippen LogP contribution is 2.80. The molecule has 141 heavy (non-hydrogen) atoms. The highest BCUT2D eigenvalue weighted by Gasteiger charge is 2.74. The number of carbonyl (C=O) groups excluding carboxylic acids is 3. The molecule has 2 heterocycles. The number of fused-ring (bicyclic) bond motifs is 14. The molecule has 10 saturated carbocycles. The third-order valence-electron chi connectivity index (χ3n) is 41.1. The number of rotatable bonds is 27. The van der Waals surface area contributed by atoms with Gasteiger partial charge in [0.05, 0.1) is 33.9 Å². The fourth-order valence-corrected chi connectivity index (χ4v) is 35.6. The molecule has 0 saturated heterocycles. The standard InChI is InChI=1S/C57H83N3O9S.C52H75N3O6S.C5H9ClO3/c1-37(2)42-19-28-57(60-33-31-56(63)26-17-41(18-27-56)70(10,64)65)30-29-53(8)44(47(42)57)13-14-46-52(7)22-20-43(51(5,6)45(52)21-23-54(46,53)9)39-15-24-55(25-16-39,35-66-48-40(34-58)12-11-32-59-48)49(61)67-36-68-50(62)69-38(3)4;1-34(2)38-17-26-52(55-31-29-51(58)24-15-37(16-25-51)62(8,59)60)28-27-48(6)40(43(38)52)11-12-42-47(5)20-18-39(46(3,4)41(47)19-21-49(42,48)7)35-13-22-50(23-14-35,45(56)57)33-61-44-36(32-53)10-9-30-54-44;1-4(2)9-5(7)8-3-6/h11-12,15,20,32,38,41-42,44-47,60,63H,1,13-14,16-19,21-31,33,35-36H2,2-10H3;9-10,13,18,30,37-38,40-43,55,58H,1,11-12,14-17,19-29,31,33H2,2-8H3,(H,56,57);4H,3H2,1-2H3/t41?,42-,44+,45-,46+,47+,52-,53+,54+,55+,56?,57-;37?,38-,40+,41-,42+,43+,47-,48+,49+,50+,51?,52-;/m00./s1. The zero-order valence-electron chi connectivity index (χ0n) is 88.0. The number of hydrogen-bond acceptors (Lipinski definition) is 23. The van der Waals surface area contributed by atoms with E-state index in [2.05, 4.69) is 163 Å². The second-order valence-electron chi connectivity index (χ2n) is 49.7. The van der Waals surface area contributed by atoms with Gasteiger partial charge in [0.15, 0.2) is 6.07 Å². The number of nitrogens with one attached hydrogen (secondary N) is 2. The number of aliphatic hydroxyl groups is 2. The number of nitriles is 2. The van der Waals surface area contributed by atoms with Crippen LogP contribution < -0.4 is 20.1 Å². The number of carbonyl (C=O) groups is 4. The molecule has 0 bridgehead atoms. The summed E-state index contributed by atoms with van der Waals surface area (Å²) in [6.45, 7) is 47.3. The second-order valence-corrected chi connectivity index (χ2v) is 54.5. The quantitative estimate of drug-likeness (QED) is 0.0182. The van der Waals surface area contributed by atoms with Crippen LogP contribution in [0.3, 0.4) is 0 Å². The molecule has 0 radical (unpaired) electrons. The summed E-state index contributed by atoms with van der Waals surface area (Å²) in [6, 6.07) is 10.7. The number of carboxylic acids is 1. The molecule has 20 atom stereocenters. The van der Waals surface area contributed by atoms with Gasteiger partial charge in [0.1, 0.15) is 67.0 Å². The molecule has 14 aliphatic carbocycles. The molecule has 0 aromatic carbocycles. The van der Waals surface area contributed by atoms with Crippen molar-refractivity contribution in [3.05, 3.63) is 119 Å². The van der Waals surface area contributed by atoms with Gasteiger partial charge >= 0.3 is 24.2 Å². The molecule has 2 aromatic rings. The number of hydrogen-bond donors (Lipinski definition) is 5. The van der Waals surface area contributed by atoms with Crippen LogP contribution in [-0.4, -0.2) is 163 Å². The SMILES string of the molecule is C=C(C)[C@@H]1CC[C@]2(NCCC3(O)CCC(S(C)(=O)=O)CC3)CC[C@]3(C)[C@H](CC[C@@H]4[C@@]5(C)CC=C(C6=CC[C@@](COc7ncccc7C#N)(C(=O)O)CC6)C(C)(C)[C@@H]5CC[C@]43C)[C@@H]12.C=C(C)[C@@H]1CC[C@]2(NCCC3(O)CCC(S(C)(=O)=O)CC3)CC[C@]3(C)[C@H](CC[C@@H]4[C@@]5(C)CC=C(C6=CC[C@@](COc7ncccc7C#N)(C(=O)OCOC(=O)OC(C)C)CC6)C(C)(C)[C@@H]5CC[C@]43C)[C@@H]12.CC(C)OC(=O)OCCl. The molecule has 24 nitrogen and oxygen atoms in total. The summed E-state index contributed by atoms with van der Waals surface area (Å²) in [5.41, 5.74) is 5.72. The van der Waals surface area contributed by atoms with E-state index in [9.17, 15) is 61.9 Å². The van der Waals surface area contributed by atoms with Gasteiger partial charge in [-0.05, 0) is 422 Å². The van der Waals surface area contributed by atoms with E-state index in [1.165, 1.54) is 110 Å². The molecule has 0 unspecified atom stereocenters. The van der Waals surface area contributed by atoms with Gasteiger partial charge in [-0.1, -0.05) is 129 Å². The number of nitrogens with zero attached hydrogens (tertiary/aromatic N) is 4. The lowest BCUT2D eigenvalue weighted by molar-refractivity contribution is -0.221. The lowest BCUT2D eigenvalue weighted by Gasteiger charge is -2.72. The third-order valence-corrected chi connectivity index (χ3v) is 44.6. The van der Waals surface area contributed by atoms with Gasteiger partial charge in [-0.2, -0.15) is 10.5 Å². The van der Waals surface area contributed by atoms with Gasteiger partial charge in [-0.15, -0.1) is 0 Å². The van der Waals surface area contributed by atoms with E-state index in [1.54, 1.807) is 64.4 Å². The molecule has 27 heteroatoms. The number of esters is 1. The van der Waals surface area contributed by atoms with Crippen molar-refractivity contribution < 1.29 is 84.5 Å². The van der Waals surface area contributed by atoms with E-state index >= 15 is 0 Å². The van der Waals surface area contributed by atoms with Crippen LogP contribution in [0, 0.1) is 136 Å². The van der Waals surface area contributed by atoms with Crippen molar-refractivity contribution >= 4 is 55.5 Å². The summed E-state index contributed by atoms with van der Waals surface area (Å²) < 4.78 is 85.6. The molecular weight excluding hydrogens is 1840 g/mol. The van der Waals surface area contributed by atoms with E-state index < -0.39 is 72.7 Å². The fourth-order valence-electron chi connectivity index (χ4n) is 33.3. The van der Waals surface area contributed by atoms with E-state index in [-0.39, 0.29) is 114 Å². The Kier molecular flexibility index (Phi) is 32.2. The van der Waals surface area contributed by atoms with Gasteiger partial charge < -0.3 is 59.1 Å². The Bertz CT molecular complexity index is 5440. The highest BCUT2D eigenvalue weighted by molar-refractivity contribution is 7.91. The minimum atomic E-state index is -3.10. The third kappa shape index (κ3) is 20.9. The van der Waals surface area contributed by atoms with Crippen LogP contribution in [0.5, 0.6) is 11.8 Å². The number of allylic oxidation sites excluding steroid dienone is 10. The summed E-state index contributed by atoms with van der Waals surface area (Å²) in [5.74, 6) is 4.28. The predicted octanol–water partition coefficient (Wildman–Crippen LogP) is 23.0. The molecule has 5 N–H and O–H groups in total. The van der Waals surface area contributed by atoms with Gasteiger partial charge in [0.25, 0.3) is 0 Å². The molecule has 780 valence electrons. The Labute approximate surface area is 847 Å². The Hall–Kier alpha value is -7.17. The van der Waals surface area contributed by atoms with Gasteiger partial charge in [0, 0.05) is 36.0 Å². The van der Waals surface area contributed by atoms with E-state index in [0.717, 1.165) is 64.5 Å². The summed E-state index contributed by atoms with van der Waals surface area (Å²) in [5, 5.41) is 60.7. The van der Waals surface area contributed by atoms with Crippen LogP contribution in [0.1, 0.15) is 340 Å². The van der Waals surface area contributed by atoms with Crippen LogP contribution in [-0.2, 0) is 52.9 Å². The predicted molar refractivity (Wildman–Crippen MR) is 547 cm³/mol. The summed E-state index contributed by atoms with van der Waals surface area (Å²) >= 11 is 5.06. The van der Waals surface area contributed by atoms with Gasteiger partial charge in [-0.25, -0.2) is 36.4 Å². The number of sulfone groups is 2. The Balaban J connectivity index is 0.000000207. The topological polar surface area (TPSA) is 359 Å². The average molecular weight is 2010 g/mol. The van der Waals surface area contributed by atoms with Crippen molar-refractivity contribution in [3.8, 4) is 23.9 Å². The van der Waals surface area contributed by atoms with E-state index in [4.69, 9.17) is 35.3 Å². The van der Waals surface area contributed by atoms with Crippen molar-refractivity contribution in [2.24, 2.45) is 113 Å². The van der Waals surface area contributed by atoms with Crippen LogP contribution in [0.15, 0.2) is 108 Å². The van der Waals surface area contributed by atoms with Crippen LogP contribution >= 0.6 is 11.6 Å². The Morgan fingerprint density at radius 3 is 1.26 bits per heavy atom. The summed E-state index contributed by atoms with van der Waals surface area (Å²) in [6.07, 6.45) is 42.9. The van der Waals surface area contributed by atoms with Crippen molar-refractivity contribution in [2.45, 2.75) is 374 Å². The average Bonchev–Trinajstić information content (AvgIpc) is 1.65. The Morgan fingerprint density at radius 1 is 0.496 bits per heavy atom. The first-order valence-corrected chi connectivity index (χ1v) is 57.6. The summed E-state index contributed by atoms with van der Waals surface area (Å²) in [7, 11) is -6.17. The lowest BCUT2D eigenvalue weighted by Crippen LogP contribution is -2.68. The first kappa shape index (κ1) is 110. The first-order chi connectivity index (χ1) is 66.1. The molecule has 0 spiro atoms. The zero-order valence-corrected chi connectivity index (χ0v) is 90.4. The zero-order chi connectivity index (χ0) is 103.